The van der Waals surface area contributed by atoms with E-state index < -0.39 is 6.04 Å². The average molecular weight is 267 g/mol. The summed E-state index contributed by atoms with van der Waals surface area (Å²) in [6.45, 7) is 4.82. The van der Waals surface area contributed by atoms with Gasteiger partial charge in [0.25, 0.3) is 0 Å². The number of piperidine rings is 1. The maximum atomic E-state index is 12.1. The van der Waals surface area contributed by atoms with Crippen molar-refractivity contribution in [3.8, 4) is 0 Å². The number of hydrogen-bond acceptors (Lipinski definition) is 3. The Morgan fingerprint density at radius 1 is 1.32 bits per heavy atom. The van der Waals surface area contributed by atoms with Crippen molar-refractivity contribution in [2.45, 2.75) is 64.1 Å². The van der Waals surface area contributed by atoms with Gasteiger partial charge in [0.2, 0.25) is 11.8 Å². The van der Waals surface area contributed by atoms with Crippen LogP contribution in [-0.2, 0) is 9.59 Å². The van der Waals surface area contributed by atoms with Crippen LogP contribution in [0.1, 0.15) is 46.0 Å². The van der Waals surface area contributed by atoms with Crippen LogP contribution in [0.2, 0.25) is 0 Å². The topological polar surface area (TPSA) is 66.6 Å². The molecule has 0 radical (unpaired) electrons. The highest BCUT2D eigenvalue weighted by atomic mass is 16.2. The number of likely N-dealkylation sites (tertiary alicyclic amines) is 1. The van der Waals surface area contributed by atoms with E-state index in [1.807, 2.05) is 9.80 Å². The van der Waals surface area contributed by atoms with Crippen molar-refractivity contribution in [2.24, 2.45) is 5.73 Å². The quantitative estimate of drug-likeness (QED) is 0.816. The summed E-state index contributed by atoms with van der Waals surface area (Å²) in [7, 11) is 0. The first-order valence-corrected chi connectivity index (χ1v) is 7.34. The summed E-state index contributed by atoms with van der Waals surface area (Å²) in [5, 5.41) is 0. The normalized spacial score (nSPS) is 25.0. The highest BCUT2D eigenvalue weighted by molar-refractivity contribution is 5.81. The molecule has 2 rings (SSSR count). The van der Waals surface area contributed by atoms with Crippen LogP contribution < -0.4 is 5.73 Å². The maximum Gasteiger partial charge on any atom is 0.239 e. The molecule has 0 aromatic heterocycles. The molecule has 1 saturated carbocycles. The van der Waals surface area contributed by atoms with E-state index >= 15 is 0 Å². The van der Waals surface area contributed by atoms with E-state index in [-0.39, 0.29) is 17.9 Å². The molecule has 1 saturated heterocycles. The minimum absolute atomic E-state index is 0.0176. The minimum atomic E-state index is -0.452. The van der Waals surface area contributed by atoms with Gasteiger partial charge in [0.05, 0.1) is 6.04 Å². The molecule has 2 N–H and O–H groups in total. The van der Waals surface area contributed by atoms with E-state index in [1.54, 1.807) is 13.8 Å². The number of rotatable bonds is 4. The molecule has 0 bridgehead atoms. The second-order valence-corrected chi connectivity index (χ2v) is 5.87. The molecule has 108 valence electrons. The molecule has 1 aliphatic carbocycles. The highest BCUT2D eigenvalue weighted by Gasteiger charge is 2.36. The first kappa shape index (κ1) is 14.3. The van der Waals surface area contributed by atoms with Gasteiger partial charge in [-0.25, -0.2) is 0 Å². The summed E-state index contributed by atoms with van der Waals surface area (Å²) in [4.78, 5) is 27.7. The first-order chi connectivity index (χ1) is 9.00. The van der Waals surface area contributed by atoms with Crippen LogP contribution in [0.4, 0.5) is 0 Å². The lowest BCUT2D eigenvalue weighted by molar-refractivity contribution is -0.139. The Morgan fingerprint density at radius 3 is 2.53 bits per heavy atom. The fourth-order valence-electron chi connectivity index (χ4n) is 2.89. The molecule has 2 amide bonds. The highest BCUT2D eigenvalue weighted by Crippen LogP contribution is 2.29. The minimum Gasteiger partial charge on any atom is -0.338 e. The Bertz CT molecular complexity index is 353. The van der Waals surface area contributed by atoms with Gasteiger partial charge in [0.15, 0.2) is 0 Å². The van der Waals surface area contributed by atoms with Gasteiger partial charge >= 0.3 is 0 Å². The summed E-state index contributed by atoms with van der Waals surface area (Å²) in [5.74, 6) is 0.144. The molecule has 0 aromatic rings. The molecule has 5 nitrogen and oxygen atoms in total. The third-order valence-electron chi connectivity index (χ3n) is 4.10. The molecule has 1 heterocycles. The van der Waals surface area contributed by atoms with E-state index in [4.69, 9.17) is 5.73 Å². The number of amides is 2. The van der Waals surface area contributed by atoms with Crippen molar-refractivity contribution in [3.05, 3.63) is 0 Å². The van der Waals surface area contributed by atoms with Crippen molar-refractivity contribution < 1.29 is 9.59 Å². The van der Waals surface area contributed by atoms with Crippen LogP contribution in [0.25, 0.3) is 0 Å². The lowest BCUT2D eigenvalue weighted by atomic mass is 10.0. The summed E-state index contributed by atoms with van der Waals surface area (Å²) in [6.07, 6.45) is 5.36. The van der Waals surface area contributed by atoms with Gasteiger partial charge in [0, 0.05) is 32.1 Å². The molecule has 2 atom stereocenters. The molecule has 0 spiro atoms. The largest absolute Gasteiger partial charge is 0.338 e. The van der Waals surface area contributed by atoms with E-state index in [2.05, 4.69) is 0 Å². The van der Waals surface area contributed by atoms with Crippen molar-refractivity contribution in [3.63, 3.8) is 0 Å². The van der Waals surface area contributed by atoms with E-state index in [1.165, 1.54) is 0 Å². The standard InChI is InChI=1S/C14H25N3O2/c1-10(15)14(19)16-8-4-3-5-13(16)9-17(11(2)18)12-6-7-12/h10,12-13H,3-9,15H2,1-2H3. The SMILES string of the molecule is CC(=O)N(CC1CCCCN1C(=O)C(C)N)C1CC1. The Balaban J connectivity index is 2.02. The first-order valence-electron chi connectivity index (χ1n) is 7.34. The number of nitrogens with two attached hydrogens (primary N) is 1. The fraction of sp³-hybridized carbons (Fsp3) is 0.857. The zero-order valence-corrected chi connectivity index (χ0v) is 12.0. The molecule has 2 aliphatic rings. The van der Waals surface area contributed by atoms with E-state index in [0.29, 0.717) is 12.6 Å². The molecular formula is C14H25N3O2. The Morgan fingerprint density at radius 2 is 2.00 bits per heavy atom. The van der Waals surface area contributed by atoms with Crippen LogP contribution in [0.5, 0.6) is 0 Å². The predicted molar refractivity (Wildman–Crippen MR) is 73.4 cm³/mol. The monoisotopic (exact) mass is 267 g/mol. The summed E-state index contributed by atoms with van der Waals surface area (Å²) in [5.41, 5.74) is 5.72. The Labute approximate surface area is 115 Å². The summed E-state index contributed by atoms with van der Waals surface area (Å²) < 4.78 is 0. The van der Waals surface area contributed by atoms with Gasteiger partial charge in [-0.05, 0) is 39.0 Å². The fourth-order valence-corrected chi connectivity index (χ4v) is 2.89. The molecule has 0 aromatic carbocycles. The third kappa shape index (κ3) is 3.47. The number of hydrogen-bond donors (Lipinski definition) is 1. The van der Waals surface area contributed by atoms with Crippen molar-refractivity contribution >= 4 is 11.8 Å². The summed E-state index contributed by atoms with van der Waals surface area (Å²) >= 11 is 0. The van der Waals surface area contributed by atoms with Crippen LogP contribution in [0.15, 0.2) is 0 Å². The van der Waals surface area contributed by atoms with Crippen LogP contribution >= 0.6 is 0 Å². The Hall–Kier alpha value is -1.10. The van der Waals surface area contributed by atoms with Gasteiger partial charge in [-0.1, -0.05) is 0 Å². The molecule has 5 heteroatoms. The average Bonchev–Trinajstić information content (AvgIpc) is 3.19. The second kappa shape index (κ2) is 5.90. The molecule has 2 fully saturated rings. The van der Waals surface area contributed by atoms with Crippen LogP contribution in [-0.4, -0.2) is 52.8 Å². The van der Waals surface area contributed by atoms with Crippen LogP contribution in [0.3, 0.4) is 0 Å². The van der Waals surface area contributed by atoms with Crippen LogP contribution in [0, 0.1) is 0 Å². The predicted octanol–water partition coefficient (Wildman–Crippen LogP) is 0.726. The van der Waals surface area contributed by atoms with Gasteiger partial charge < -0.3 is 15.5 Å². The number of carbonyl (C=O) groups excluding carboxylic acids is 2. The van der Waals surface area contributed by atoms with Crippen molar-refractivity contribution in [1.29, 1.82) is 0 Å². The van der Waals surface area contributed by atoms with Gasteiger partial charge in [-0.2, -0.15) is 0 Å². The summed E-state index contributed by atoms with van der Waals surface area (Å²) in [6, 6.07) is 0.107. The zero-order chi connectivity index (χ0) is 14.0. The lowest BCUT2D eigenvalue weighted by Gasteiger charge is -2.39. The maximum absolute atomic E-state index is 12.1. The third-order valence-corrected chi connectivity index (χ3v) is 4.10. The zero-order valence-electron chi connectivity index (χ0n) is 12.0. The van der Waals surface area contributed by atoms with Gasteiger partial charge in [-0.3, -0.25) is 9.59 Å². The van der Waals surface area contributed by atoms with Gasteiger partial charge in [-0.15, -0.1) is 0 Å². The molecule has 19 heavy (non-hydrogen) atoms. The van der Waals surface area contributed by atoms with Crippen molar-refractivity contribution in [1.82, 2.24) is 9.80 Å². The van der Waals surface area contributed by atoms with Crippen molar-refractivity contribution in [2.75, 3.05) is 13.1 Å². The number of carbonyl (C=O) groups is 2. The smallest absolute Gasteiger partial charge is 0.239 e. The van der Waals surface area contributed by atoms with E-state index in [9.17, 15) is 9.59 Å². The molecular weight excluding hydrogens is 242 g/mol. The lowest BCUT2D eigenvalue weighted by Crippen LogP contribution is -2.54. The second-order valence-electron chi connectivity index (χ2n) is 5.87. The molecule has 1 aliphatic heterocycles. The Kier molecular flexibility index (Phi) is 4.45. The van der Waals surface area contributed by atoms with Gasteiger partial charge in [0.1, 0.15) is 0 Å². The van der Waals surface area contributed by atoms with E-state index in [0.717, 1.165) is 38.6 Å². The molecule has 2 unspecified atom stereocenters. The number of nitrogens with zero attached hydrogens (tertiary/aromatic N) is 2.